The standard InChI is InChI=1S/C24H28N4OS/c1-16-17(2)28(19-10-6-5-7-11-19)18(3)21(16)23-22(20-12-8-9-13-25-20)26-24(30)27(23)14-15-29-4/h5-13,22-23H,14-15H2,1-4H3,(H,26,30)/t22-,23+/m0/s1. The van der Waals surface area contributed by atoms with Gasteiger partial charge in [-0.25, -0.2) is 0 Å². The van der Waals surface area contributed by atoms with Crippen molar-refractivity contribution >= 4 is 17.3 Å². The second-order valence-electron chi connectivity index (χ2n) is 7.69. The van der Waals surface area contributed by atoms with Crippen molar-refractivity contribution in [1.29, 1.82) is 0 Å². The van der Waals surface area contributed by atoms with E-state index in [1.807, 2.05) is 24.4 Å². The number of pyridine rings is 1. The molecule has 0 saturated carbocycles. The zero-order chi connectivity index (χ0) is 21.3. The number of nitrogens with zero attached hydrogens (tertiary/aromatic N) is 3. The lowest BCUT2D eigenvalue weighted by molar-refractivity contribution is 0.164. The molecule has 0 aliphatic carbocycles. The van der Waals surface area contributed by atoms with Crippen LogP contribution in [0.4, 0.5) is 0 Å². The van der Waals surface area contributed by atoms with E-state index >= 15 is 0 Å². The van der Waals surface area contributed by atoms with Gasteiger partial charge >= 0.3 is 0 Å². The number of methoxy groups -OCH3 is 1. The fourth-order valence-electron chi connectivity index (χ4n) is 4.56. The molecular weight excluding hydrogens is 392 g/mol. The van der Waals surface area contributed by atoms with Gasteiger partial charge in [0.2, 0.25) is 0 Å². The number of para-hydroxylation sites is 1. The van der Waals surface area contributed by atoms with E-state index in [9.17, 15) is 0 Å². The van der Waals surface area contributed by atoms with Crippen molar-refractivity contribution in [1.82, 2.24) is 19.8 Å². The number of thiocarbonyl (C=S) groups is 1. The Balaban J connectivity index is 1.87. The minimum absolute atomic E-state index is 0.0148. The van der Waals surface area contributed by atoms with Crippen molar-refractivity contribution in [2.75, 3.05) is 20.3 Å². The minimum atomic E-state index is -0.0148. The first-order valence-electron chi connectivity index (χ1n) is 10.3. The third-order valence-electron chi connectivity index (χ3n) is 6.05. The number of aromatic nitrogens is 2. The summed E-state index contributed by atoms with van der Waals surface area (Å²) in [7, 11) is 1.73. The number of nitrogens with one attached hydrogen (secondary N) is 1. The Kier molecular flexibility index (Phi) is 5.88. The summed E-state index contributed by atoms with van der Waals surface area (Å²) < 4.78 is 7.73. The van der Waals surface area contributed by atoms with Gasteiger partial charge in [0.15, 0.2) is 5.11 Å². The Morgan fingerprint density at radius 1 is 1.03 bits per heavy atom. The normalized spacial score (nSPS) is 18.7. The average Bonchev–Trinajstić information content (AvgIpc) is 3.20. The molecule has 1 saturated heterocycles. The van der Waals surface area contributed by atoms with E-state index in [2.05, 4.69) is 70.9 Å². The molecule has 1 aliphatic rings. The van der Waals surface area contributed by atoms with Gasteiger partial charge in [0.1, 0.15) is 0 Å². The molecule has 0 bridgehead atoms. The Bertz CT molecular complexity index is 1030. The van der Waals surface area contributed by atoms with Crippen LogP contribution in [-0.4, -0.2) is 39.8 Å². The maximum Gasteiger partial charge on any atom is 0.170 e. The molecule has 1 N–H and O–H groups in total. The van der Waals surface area contributed by atoms with Crippen molar-refractivity contribution in [3.63, 3.8) is 0 Å². The first-order valence-corrected chi connectivity index (χ1v) is 10.7. The van der Waals surface area contributed by atoms with Gasteiger partial charge in [0.05, 0.1) is 24.4 Å². The van der Waals surface area contributed by atoms with Crippen LogP contribution in [0.3, 0.4) is 0 Å². The van der Waals surface area contributed by atoms with Crippen LogP contribution in [0.25, 0.3) is 5.69 Å². The lowest BCUT2D eigenvalue weighted by Crippen LogP contribution is -2.33. The highest BCUT2D eigenvalue weighted by Gasteiger charge is 2.42. The van der Waals surface area contributed by atoms with Gasteiger partial charge in [0.25, 0.3) is 0 Å². The maximum atomic E-state index is 5.75. The van der Waals surface area contributed by atoms with Gasteiger partial charge in [-0.05, 0) is 62.8 Å². The zero-order valence-corrected chi connectivity index (χ0v) is 18.7. The Morgan fingerprint density at radius 2 is 1.77 bits per heavy atom. The Hall–Kier alpha value is -2.70. The third-order valence-corrected chi connectivity index (χ3v) is 6.40. The molecule has 3 aromatic rings. The van der Waals surface area contributed by atoms with E-state index < -0.39 is 0 Å². The van der Waals surface area contributed by atoms with E-state index in [-0.39, 0.29) is 12.1 Å². The van der Waals surface area contributed by atoms with Crippen LogP contribution < -0.4 is 5.32 Å². The predicted molar refractivity (Wildman–Crippen MR) is 124 cm³/mol. The number of rotatable bonds is 6. The molecule has 2 aromatic heterocycles. The highest BCUT2D eigenvalue weighted by Crippen LogP contribution is 2.43. The molecule has 1 aromatic carbocycles. The SMILES string of the molecule is COCCN1C(=S)N[C@@H](c2ccccn2)[C@H]1c1c(C)c(C)n(-c2ccccc2)c1C. The van der Waals surface area contributed by atoms with E-state index in [1.54, 1.807) is 7.11 Å². The largest absolute Gasteiger partial charge is 0.383 e. The van der Waals surface area contributed by atoms with Gasteiger partial charge in [-0.15, -0.1) is 0 Å². The second-order valence-corrected chi connectivity index (χ2v) is 8.08. The van der Waals surface area contributed by atoms with Crippen LogP contribution in [0.5, 0.6) is 0 Å². The van der Waals surface area contributed by atoms with Crippen LogP contribution in [0.2, 0.25) is 0 Å². The molecule has 0 spiro atoms. The van der Waals surface area contributed by atoms with Crippen LogP contribution in [0.15, 0.2) is 54.7 Å². The Labute approximate surface area is 183 Å². The molecule has 0 unspecified atom stereocenters. The highest BCUT2D eigenvalue weighted by molar-refractivity contribution is 7.80. The summed E-state index contributed by atoms with van der Waals surface area (Å²) in [5, 5.41) is 4.28. The number of ether oxygens (including phenoxy) is 1. The molecule has 1 aliphatic heterocycles. The fraction of sp³-hybridized carbons (Fsp3) is 0.333. The number of hydrogen-bond donors (Lipinski definition) is 1. The molecule has 30 heavy (non-hydrogen) atoms. The van der Waals surface area contributed by atoms with Gasteiger partial charge in [-0.3, -0.25) is 4.98 Å². The second kappa shape index (κ2) is 8.58. The van der Waals surface area contributed by atoms with Gasteiger partial charge in [-0.1, -0.05) is 24.3 Å². The first-order chi connectivity index (χ1) is 14.5. The molecule has 2 atom stereocenters. The summed E-state index contributed by atoms with van der Waals surface area (Å²) in [6, 6.07) is 16.6. The van der Waals surface area contributed by atoms with Crippen LogP contribution >= 0.6 is 12.2 Å². The van der Waals surface area contributed by atoms with E-state index in [0.29, 0.717) is 6.61 Å². The monoisotopic (exact) mass is 420 g/mol. The summed E-state index contributed by atoms with van der Waals surface area (Å²) in [6.07, 6.45) is 1.84. The quantitative estimate of drug-likeness (QED) is 0.598. The molecule has 1 fully saturated rings. The highest BCUT2D eigenvalue weighted by atomic mass is 32.1. The molecule has 6 heteroatoms. The van der Waals surface area contributed by atoms with Crippen molar-refractivity contribution in [3.05, 3.63) is 82.9 Å². The van der Waals surface area contributed by atoms with Crippen molar-refractivity contribution < 1.29 is 4.74 Å². The summed E-state index contributed by atoms with van der Waals surface area (Å²) in [6.45, 7) is 7.94. The van der Waals surface area contributed by atoms with Crippen LogP contribution in [-0.2, 0) is 4.74 Å². The molecule has 3 heterocycles. The predicted octanol–water partition coefficient (Wildman–Crippen LogP) is 4.42. The topological polar surface area (TPSA) is 42.3 Å². The summed E-state index contributed by atoms with van der Waals surface area (Å²) in [4.78, 5) is 6.90. The van der Waals surface area contributed by atoms with Crippen molar-refractivity contribution in [3.8, 4) is 5.69 Å². The maximum absolute atomic E-state index is 5.75. The number of benzene rings is 1. The molecule has 5 nitrogen and oxygen atoms in total. The summed E-state index contributed by atoms with van der Waals surface area (Å²) in [5.41, 5.74) is 7.24. The minimum Gasteiger partial charge on any atom is -0.383 e. The van der Waals surface area contributed by atoms with Gasteiger partial charge in [-0.2, -0.15) is 0 Å². The first kappa shape index (κ1) is 20.6. The zero-order valence-electron chi connectivity index (χ0n) is 17.9. The molecule has 4 rings (SSSR count). The Morgan fingerprint density at radius 3 is 2.43 bits per heavy atom. The van der Waals surface area contributed by atoms with Gasteiger partial charge < -0.3 is 19.5 Å². The van der Waals surface area contributed by atoms with Crippen LogP contribution in [0.1, 0.15) is 40.3 Å². The van der Waals surface area contributed by atoms with Crippen molar-refractivity contribution in [2.45, 2.75) is 32.9 Å². The molecular formula is C24H28N4OS. The summed E-state index contributed by atoms with van der Waals surface area (Å²) in [5.74, 6) is 0. The molecule has 156 valence electrons. The smallest absolute Gasteiger partial charge is 0.170 e. The summed E-state index contributed by atoms with van der Waals surface area (Å²) >= 11 is 5.75. The lowest BCUT2D eigenvalue weighted by atomic mass is 9.93. The van der Waals surface area contributed by atoms with E-state index in [0.717, 1.165) is 17.4 Å². The average molecular weight is 421 g/mol. The lowest BCUT2D eigenvalue weighted by Gasteiger charge is -2.28. The van der Waals surface area contributed by atoms with E-state index in [1.165, 1.54) is 28.2 Å². The third kappa shape index (κ3) is 3.50. The van der Waals surface area contributed by atoms with Crippen LogP contribution in [0, 0.1) is 20.8 Å². The van der Waals surface area contributed by atoms with E-state index in [4.69, 9.17) is 17.0 Å². The fourth-order valence-corrected chi connectivity index (χ4v) is 4.89. The molecule has 0 amide bonds. The van der Waals surface area contributed by atoms with Gasteiger partial charge in [0, 0.05) is 42.5 Å². The molecule has 0 radical (unpaired) electrons. The van der Waals surface area contributed by atoms with Crippen molar-refractivity contribution in [2.24, 2.45) is 0 Å². The number of hydrogen-bond acceptors (Lipinski definition) is 3.